The van der Waals surface area contributed by atoms with Gasteiger partial charge in [-0.15, -0.1) is 6.58 Å². The molecular formula is C28H36F2. The molecule has 0 bridgehead atoms. The van der Waals surface area contributed by atoms with E-state index < -0.39 is 11.6 Å². The van der Waals surface area contributed by atoms with E-state index in [0.717, 1.165) is 29.7 Å². The van der Waals surface area contributed by atoms with Gasteiger partial charge in [-0.3, -0.25) is 0 Å². The molecule has 2 aromatic carbocycles. The maximum absolute atomic E-state index is 15.0. The molecule has 2 heteroatoms. The van der Waals surface area contributed by atoms with Gasteiger partial charge in [-0.25, -0.2) is 8.78 Å². The third-order valence-corrected chi connectivity index (χ3v) is 7.89. The second-order valence-corrected chi connectivity index (χ2v) is 9.82. The quantitative estimate of drug-likeness (QED) is 0.400. The van der Waals surface area contributed by atoms with Crippen molar-refractivity contribution in [1.29, 1.82) is 0 Å². The summed E-state index contributed by atoms with van der Waals surface area (Å²) in [5, 5.41) is 0.862. The molecule has 0 nitrogen and oxygen atoms in total. The summed E-state index contributed by atoms with van der Waals surface area (Å²) in [7, 11) is 0. The monoisotopic (exact) mass is 410 g/mol. The summed E-state index contributed by atoms with van der Waals surface area (Å²) in [5.74, 6) is 2.21. The Morgan fingerprint density at radius 2 is 1.83 bits per heavy atom. The van der Waals surface area contributed by atoms with E-state index in [1.165, 1.54) is 51.4 Å². The molecule has 162 valence electrons. The topological polar surface area (TPSA) is 0 Å². The molecular weight excluding hydrogens is 374 g/mol. The lowest BCUT2D eigenvalue weighted by Crippen LogP contribution is -2.30. The Kier molecular flexibility index (Phi) is 6.91. The lowest BCUT2D eigenvalue weighted by molar-refractivity contribution is 0.113. The summed E-state index contributed by atoms with van der Waals surface area (Å²) in [5.41, 5.74) is 1.65. The largest absolute Gasteiger partial charge is 0.206 e. The van der Waals surface area contributed by atoms with Gasteiger partial charge in [0.2, 0.25) is 0 Å². The maximum atomic E-state index is 15.0. The Bertz CT molecular complexity index is 884. The van der Waals surface area contributed by atoms with E-state index in [4.69, 9.17) is 0 Å². The summed E-state index contributed by atoms with van der Waals surface area (Å²) in [4.78, 5) is 0. The fourth-order valence-corrected chi connectivity index (χ4v) is 6.17. The standard InChI is InChI=1S/C28H36F2/c1-3-5-7-19-9-10-22-16-23(13-12-21(22)15-19)25-17-24-14-11-20(8-6-4-2)28(30)27(24)26(29)18-25/h4,11,14,17-19,21-23H,2-3,5-10,12-13,15-16H2,1H3. The van der Waals surface area contributed by atoms with E-state index in [2.05, 4.69) is 19.6 Å². The van der Waals surface area contributed by atoms with Crippen LogP contribution in [0, 0.1) is 29.4 Å². The molecule has 0 aromatic heterocycles. The molecule has 4 unspecified atom stereocenters. The number of fused-ring (bicyclic) bond motifs is 2. The fraction of sp³-hybridized carbons (Fsp3) is 0.571. The van der Waals surface area contributed by atoms with Gasteiger partial charge in [0, 0.05) is 0 Å². The first kappa shape index (κ1) is 21.5. The number of halogens is 2. The first-order valence-electron chi connectivity index (χ1n) is 12.1. The minimum Gasteiger partial charge on any atom is -0.206 e. The van der Waals surface area contributed by atoms with Gasteiger partial charge in [-0.2, -0.15) is 0 Å². The third kappa shape index (κ3) is 4.48. The molecule has 0 N–H and O–H groups in total. The number of allylic oxidation sites excluding steroid dienone is 1. The minimum absolute atomic E-state index is 0.158. The van der Waals surface area contributed by atoms with Crippen molar-refractivity contribution in [2.24, 2.45) is 17.8 Å². The number of rotatable bonds is 7. The average Bonchev–Trinajstić information content (AvgIpc) is 2.76. The summed E-state index contributed by atoms with van der Waals surface area (Å²) < 4.78 is 29.9. The molecule has 2 aliphatic carbocycles. The SMILES string of the molecule is C=CCCc1ccc2cc(C3CCC4CC(CCCC)CCC4C3)cc(F)c2c1F. The summed E-state index contributed by atoms with van der Waals surface area (Å²) >= 11 is 0. The highest BCUT2D eigenvalue weighted by Gasteiger charge is 2.36. The van der Waals surface area contributed by atoms with Crippen LogP contribution in [0.4, 0.5) is 8.78 Å². The van der Waals surface area contributed by atoms with Crippen LogP contribution >= 0.6 is 0 Å². The van der Waals surface area contributed by atoms with Crippen LogP contribution in [0.1, 0.15) is 88.2 Å². The van der Waals surface area contributed by atoms with Crippen molar-refractivity contribution in [2.45, 2.75) is 83.5 Å². The van der Waals surface area contributed by atoms with Crippen LogP contribution in [0.15, 0.2) is 36.9 Å². The van der Waals surface area contributed by atoms with Crippen molar-refractivity contribution in [2.75, 3.05) is 0 Å². The van der Waals surface area contributed by atoms with Gasteiger partial charge in [0.15, 0.2) is 0 Å². The third-order valence-electron chi connectivity index (χ3n) is 7.89. The summed E-state index contributed by atoms with van der Waals surface area (Å²) in [6.45, 7) is 5.98. The number of hydrogen-bond acceptors (Lipinski definition) is 0. The molecule has 0 amide bonds. The van der Waals surface area contributed by atoms with Gasteiger partial charge < -0.3 is 0 Å². The zero-order valence-corrected chi connectivity index (χ0v) is 18.4. The number of aryl methyl sites for hydroxylation is 1. The van der Waals surface area contributed by atoms with Crippen molar-refractivity contribution < 1.29 is 8.78 Å². The van der Waals surface area contributed by atoms with E-state index in [1.54, 1.807) is 12.1 Å². The molecule has 0 aliphatic heterocycles. The van der Waals surface area contributed by atoms with Crippen molar-refractivity contribution in [3.05, 3.63) is 59.7 Å². The van der Waals surface area contributed by atoms with E-state index in [9.17, 15) is 4.39 Å². The molecule has 0 spiro atoms. The predicted molar refractivity (Wildman–Crippen MR) is 123 cm³/mol. The Morgan fingerprint density at radius 1 is 1.03 bits per heavy atom. The van der Waals surface area contributed by atoms with Crippen LogP contribution in [-0.4, -0.2) is 0 Å². The van der Waals surface area contributed by atoms with Crippen LogP contribution in [0.3, 0.4) is 0 Å². The molecule has 30 heavy (non-hydrogen) atoms. The summed E-state index contributed by atoms with van der Waals surface area (Å²) in [6.07, 6.45) is 14.8. The highest BCUT2D eigenvalue weighted by Crippen LogP contribution is 2.48. The Hall–Kier alpha value is -1.70. The number of hydrogen-bond donors (Lipinski definition) is 0. The zero-order chi connectivity index (χ0) is 21.1. The molecule has 0 heterocycles. The maximum Gasteiger partial charge on any atom is 0.137 e. The highest BCUT2D eigenvalue weighted by atomic mass is 19.1. The Balaban J connectivity index is 1.50. The average molecular weight is 411 g/mol. The number of benzene rings is 2. The summed E-state index contributed by atoms with van der Waals surface area (Å²) in [6, 6.07) is 7.39. The minimum atomic E-state index is -0.397. The molecule has 2 saturated carbocycles. The van der Waals surface area contributed by atoms with Gasteiger partial charge >= 0.3 is 0 Å². The normalized spacial score (nSPS) is 26.5. The lowest BCUT2D eigenvalue weighted by atomic mass is 9.63. The zero-order valence-electron chi connectivity index (χ0n) is 18.4. The van der Waals surface area contributed by atoms with E-state index in [1.807, 2.05) is 12.1 Å². The number of unbranched alkanes of at least 4 members (excludes halogenated alkanes) is 1. The first-order valence-corrected chi connectivity index (χ1v) is 12.1. The second-order valence-electron chi connectivity index (χ2n) is 9.82. The molecule has 2 aromatic rings. The lowest BCUT2D eigenvalue weighted by Gasteiger charge is -2.42. The van der Waals surface area contributed by atoms with E-state index in [0.29, 0.717) is 29.7 Å². The van der Waals surface area contributed by atoms with Gasteiger partial charge in [0.05, 0.1) is 5.39 Å². The van der Waals surface area contributed by atoms with Crippen LogP contribution in [0.2, 0.25) is 0 Å². The fourth-order valence-electron chi connectivity index (χ4n) is 6.17. The van der Waals surface area contributed by atoms with Crippen molar-refractivity contribution in [3.63, 3.8) is 0 Å². The second kappa shape index (κ2) is 9.62. The molecule has 4 rings (SSSR count). The predicted octanol–water partition coefficient (Wildman–Crippen LogP) is 8.73. The Labute approximate surface area is 180 Å². The molecule has 0 radical (unpaired) electrons. The first-order chi connectivity index (χ1) is 14.6. The van der Waals surface area contributed by atoms with E-state index >= 15 is 4.39 Å². The molecule has 4 atom stereocenters. The van der Waals surface area contributed by atoms with Crippen molar-refractivity contribution >= 4 is 10.8 Å². The van der Waals surface area contributed by atoms with Crippen LogP contribution in [-0.2, 0) is 6.42 Å². The van der Waals surface area contributed by atoms with Gasteiger partial charge in [-0.1, -0.05) is 56.9 Å². The smallest absolute Gasteiger partial charge is 0.137 e. The molecule has 2 aliphatic rings. The molecule has 2 fully saturated rings. The van der Waals surface area contributed by atoms with Crippen LogP contribution in [0.25, 0.3) is 10.8 Å². The van der Waals surface area contributed by atoms with Crippen molar-refractivity contribution in [1.82, 2.24) is 0 Å². The molecule has 0 saturated heterocycles. The van der Waals surface area contributed by atoms with Gasteiger partial charge in [0.1, 0.15) is 11.6 Å². The van der Waals surface area contributed by atoms with Crippen LogP contribution in [0.5, 0.6) is 0 Å². The van der Waals surface area contributed by atoms with Gasteiger partial charge in [0.25, 0.3) is 0 Å². The van der Waals surface area contributed by atoms with E-state index in [-0.39, 0.29) is 5.39 Å². The van der Waals surface area contributed by atoms with Crippen molar-refractivity contribution in [3.8, 4) is 0 Å². The van der Waals surface area contributed by atoms with Gasteiger partial charge in [-0.05, 0) is 91.2 Å². The highest BCUT2D eigenvalue weighted by molar-refractivity contribution is 5.85. The van der Waals surface area contributed by atoms with Crippen LogP contribution < -0.4 is 0 Å². The Morgan fingerprint density at radius 3 is 2.63 bits per heavy atom.